The van der Waals surface area contributed by atoms with Crippen LogP contribution in [0, 0.1) is 11.3 Å². The summed E-state index contributed by atoms with van der Waals surface area (Å²) >= 11 is 0. The molecule has 0 aromatic heterocycles. The summed E-state index contributed by atoms with van der Waals surface area (Å²) < 4.78 is 16.6. The summed E-state index contributed by atoms with van der Waals surface area (Å²) in [5.41, 5.74) is 0.511. The van der Waals surface area contributed by atoms with Gasteiger partial charge >= 0.3 is 12.1 Å². The molecular formula is C21H29NO5. The highest BCUT2D eigenvalue weighted by atomic mass is 16.6. The van der Waals surface area contributed by atoms with Crippen molar-refractivity contribution >= 4 is 12.1 Å². The van der Waals surface area contributed by atoms with Gasteiger partial charge in [-0.2, -0.15) is 0 Å². The molecule has 2 aliphatic rings. The highest BCUT2D eigenvalue weighted by Crippen LogP contribution is 2.36. The summed E-state index contributed by atoms with van der Waals surface area (Å²) in [6.45, 7) is 7.45. The Bertz CT molecular complexity index is 648. The average molecular weight is 375 g/mol. The SMILES string of the molecule is CC(C)(C)[C@@H]1OC(=O)[C@H](CC2CCOCC2)N1C(=O)OCc1ccccc1. The normalized spacial score (nSPS) is 24.0. The Balaban J connectivity index is 1.73. The molecule has 0 saturated carbocycles. The number of cyclic esters (lactones) is 1. The van der Waals surface area contributed by atoms with E-state index in [2.05, 4.69) is 0 Å². The predicted molar refractivity (Wildman–Crippen MR) is 99.7 cm³/mol. The quantitative estimate of drug-likeness (QED) is 0.750. The van der Waals surface area contributed by atoms with Crippen LogP contribution in [0.5, 0.6) is 0 Å². The lowest BCUT2D eigenvalue weighted by Gasteiger charge is -2.34. The van der Waals surface area contributed by atoms with E-state index in [1.807, 2.05) is 51.1 Å². The third-order valence-corrected chi connectivity index (χ3v) is 5.14. The van der Waals surface area contributed by atoms with Crippen molar-refractivity contribution in [3.8, 4) is 0 Å². The van der Waals surface area contributed by atoms with Gasteiger partial charge in [0.15, 0.2) is 6.23 Å². The third kappa shape index (κ3) is 4.80. The van der Waals surface area contributed by atoms with Crippen molar-refractivity contribution in [3.63, 3.8) is 0 Å². The van der Waals surface area contributed by atoms with Crippen LogP contribution in [-0.2, 0) is 25.6 Å². The number of benzene rings is 1. The fraction of sp³-hybridized carbons (Fsp3) is 0.619. The molecule has 0 spiro atoms. The number of ether oxygens (including phenoxy) is 3. The molecule has 0 aliphatic carbocycles. The maximum atomic E-state index is 12.9. The lowest BCUT2D eigenvalue weighted by Crippen LogP contribution is -2.48. The molecule has 1 aromatic rings. The van der Waals surface area contributed by atoms with Gasteiger partial charge in [0, 0.05) is 18.6 Å². The number of amides is 1. The Morgan fingerprint density at radius 1 is 1.19 bits per heavy atom. The van der Waals surface area contributed by atoms with Crippen molar-refractivity contribution in [3.05, 3.63) is 35.9 Å². The van der Waals surface area contributed by atoms with E-state index in [0.29, 0.717) is 25.6 Å². The second-order valence-electron chi connectivity index (χ2n) is 8.41. The van der Waals surface area contributed by atoms with E-state index in [-0.39, 0.29) is 12.6 Å². The van der Waals surface area contributed by atoms with Gasteiger partial charge < -0.3 is 14.2 Å². The van der Waals surface area contributed by atoms with Crippen LogP contribution in [0.15, 0.2) is 30.3 Å². The van der Waals surface area contributed by atoms with Crippen LogP contribution in [0.25, 0.3) is 0 Å². The minimum Gasteiger partial charge on any atom is -0.444 e. The standard InChI is InChI=1S/C21H29NO5/c1-21(2,3)19-22(20(24)26-14-16-7-5-4-6-8-16)17(18(23)27-19)13-15-9-11-25-12-10-15/h4-8,15,17,19H,9-14H2,1-3H3/t17-,19-/m0/s1. The van der Waals surface area contributed by atoms with Gasteiger partial charge in [-0.25, -0.2) is 9.59 Å². The van der Waals surface area contributed by atoms with E-state index in [9.17, 15) is 9.59 Å². The second-order valence-corrected chi connectivity index (χ2v) is 8.41. The fourth-order valence-corrected chi connectivity index (χ4v) is 3.64. The number of hydrogen-bond donors (Lipinski definition) is 0. The molecule has 1 amide bonds. The van der Waals surface area contributed by atoms with E-state index >= 15 is 0 Å². The smallest absolute Gasteiger partial charge is 0.413 e. The van der Waals surface area contributed by atoms with Gasteiger partial charge in [-0.15, -0.1) is 0 Å². The number of rotatable bonds is 4. The lowest BCUT2D eigenvalue weighted by molar-refractivity contribution is -0.147. The molecule has 2 heterocycles. The number of carbonyl (C=O) groups is 2. The summed E-state index contributed by atoms with van der Waals surface area (Å²) in [7, 11) is 0. The summed E-state index contributed by atoms with van der Waals surface area (Å²) in [6, 6.07) is 8.92. The van der Waals surface area contributed by atoms with Crippen LogP contribution in [0.3, 0.4) is 0 Å². The zero-order valence-corrected chi connectivity index (χ0v) is 16.3. The number of nitrogens with zero attached hydrogens (tertiary/aromatic N) is 1. The third-order valence-electron chi connectivity index (χ3n) is 5.14. The van der Waals surface area contributed by atoms with Crippen molar-refractivity contribution in [1.82, 2.24) is 4.90 Å². The topological polar surface area (TPSA) is 65.1 Å². The first kappa shape index (κ1) is 19.7. The molecule has 3 rings (SSSR count). The molecule has 2 aliphatic heterocycles. The first-order chi connectivity index (χ1) is 12.9. The number of carbonyl (C=O) groups excluding carboxylic acids is 2. The van der Waals surface area contributed by atoms with Crippen LogP contribution in [0.1, 0.15) is 45.6 Å². The van der Waals surface area contributed by atoms with Gasteiger partial charge in [0.1, 0.15) is 12.6 Å². The lowest BCUT2D eigenvalue weighted by atomic mass is 9.90. The van der Waals surface area contributed by atoms with Crippen LogP contribution in [0.4, 0.5) is 4.79 Å². The zero-order valence-electron chi connectivity index (χ0n) is 16.3. The number of hydrogen-bond acceptors (Lipinski definition) is 5. The highest BCUT2D eigenvalue weighted by Gasteiger charge is 2.51. The Hall–Kier alpha value is -2.08. The maximum Gasteiger partial charge on any atom is 0.413 e. The van der Waals surface area contributed by atoms with Gasteiger partial charge in [0.05, 0.1) is 0 Å². The van der Waals surface area contributed by atoms with E-state index in [1.165, 1.54) is 4.90 Å². The molecule has 1 aromatic carbocycles. The molecule has 6 heteroatoms. The molecule has 2 fully saturated rings. The summed E-state index contributed by atoms with van der Waals surface area (Å²) in [6.07, 6.45) is 1.27. The van der Waals surface area contributed by atoms with Crippen LogP contribution >= 0.6 is 0 Å². The minimum absolute atomic E-state index is 0.172. The van der Waals surface area contributed by atoms with Gasteiger partial charge in [-0.05, 0) is 30.7 Å². The number of esters is 1. The predicted octanol–water partition coefficient (Wildman–Crippen LogP) is 3.74. The Morgan fingerprint density at radius 2 is 1.85 bits per heavy atom. The first-order valence-corrected chi connectivity index (χ1v) is 9.63. The fourth-order valence-electron chi connectivity index (χ4n) is 3.64. The molecule has 0 unspecified atom stereocenters. The van der Waals surface area contributed by atoms with E-state index in [1.54, 1.807) is 0 Å². The Labute approximate surface area is 160 Å². The Kier molecular flexibility index (Phi) is 6.05. The van der Waals surface area contributed by atoms with E-state index in [0.717, 1.165) is 18.4 Å². The van der Waals surface area contributed by atoms with Crippen molar-refractivity contribution in [2.24, 2.45) is 11.3 Å². The molecule has 0 radical (unpaired) electrons. The monoisotopic (exact) mass is 375 g/mol. The Morgan fingerprint density at radius 3 is 2.48 bits per heavy atom. The first-order valence-electron chi connectivity index (χ1n) is 9.63. The minimum atomic E-state index is -0.627. The molecule has 2 atom stereocenters. The second kappa shape index (κ2) is 8.30. The van der Waals surface area contributed by atoms with Crippen molar-refractivity contribution in [2.75, 3.05) is 13.2 Å². The largest absolute Gasteiger partial charge is 0.444 e. The van der Waals surface area contributed by atoms with Crippen molar-refractivity contribution in [1.29, 1.82) is 0 Å². The van der Waals surface area contributed by atoms with Gasteiger partial charge in [0.2, 0.25) is 0 Å². The molecule has 148 valence electrons. The molecule has 0 N–H and O–H groups in total. The van der Waals surface area contributed by atoms with Crippen molar-refractivity contribution in [2.45, 2.75) is 58.9 Å². The highest BCUT2D eigenvalue weighted by molar-refractivity contribution is 5.84. The summed E-state index contributed by atoms with van der Waals surface area (Å²) in [4.78, 5) is 27.0. The van der Waals surface area contributed by atoms with E-state index < -0.39 is 23.8 Å². The van der Waals surface area contributed by atoms with Crippen molar-refractivity contribution < 1.29 is 23.8 Å². The molecular weight excluding hydrogens is 346 g/mol. The van der Waals surface area contributed by atoms with Crippen LogP contribution in [0.2, 0.25) is 0 Å². The molecule has 2 saturated heterocycles. The summed E-state index contributed by atoms with van der Waals surface area (Å²) in [5.74, 6) is 0.0116. The van der Waals surface area contributed by atoms with Crippen LogP contribution in [-0.4, -0.2) is 42.4 Å². The molecule has 27 heavy (non-hydrogen) atoms. The molecule has 0 bridgehead atoms. The van der Waals surface area contributed by atoms with E-state index in [4.69, 9.17) is 14.2 Å². The van der Waals surface area contributed by atoms with Gasteiger partial charge in [-0.1, -0.05) is 51.1 Å². The summed E-state index contributed by atoms with van der Waals surface area (Å²) in [5, 5.41) is 0. The van der Waals surface area contributed by atoms with Gasteiger partial charge in [0.25, 0.3) is 0 Å². The molecule has 6 nitrogen and oxygen atoms in total. The zero-order chi connectivity index (χ0) is 19.4. The maximum absolute atomic E-state index is 12.9. The van der Waals surface area contributed by atoms with Gasteiger partial charge in [-0.3, -0.25) is 4.90 Å². The van der Waals surface area contributed by atoms with Crippen LogP contribution < -0.4 is 0 Å². The average Bonchev–Trinajstić information content (AvgIpc) is 2.98.